The molecule has 0 fully saturated rings. The molecule has 0 spiro atoms. The van der Waals surface area contributed by atoms with E-state index in [0.29, 0.717) is 13.2 Å². The first-order valence-corrected chi connectivity index (χ1v) is 8.80. The predicted molar refractivity (Wildman–Crippen MR) is 94.4 cm³/mol. The van der Waals surface area contributed by atoms with Gasteiger partial charge in [0.05, 0.1) is 18.4 Å². The molecule has 4 rings (SSSR count). The van der Waals surface area contributed by atoms with Crippen molar-refractivity contribution in [3.8, 4) is 11.5 Å². The van der Waals surface area contributed by atoms with Crippen LogP contribution in [-0.4, -0.2) is 33.9 Å². The van der Waals surface area contributed by atoms with Crippen LogP contribution in [0.15, 0.2) is 30.5 Å². The standard InChI is InChI=1S/C17H20N4O2S/c1-17(2,3)14-9-21-16(19-14)24-15(20-21)18-8-11-10-22-12-6-4-5-7-13(12)23-11/h4-7,9,11H,8,10H2,1-3H3,(H,18,20)/t11-/m1/s1. The van der Waals surface area contributed by atoms with Crippen molar-refractivity contribution in [3.05, 3.63) is 36.2 Å². The molecular weight excluding hydrogens is 324 g/mol. The molecule has 3 heterocycles. The van der Waals surface area contributed by atoms with E-state index in [0.717, 1.165) is 27.3 Å². The third-order valence-electron chi connectivity index (χ3n) is 3.86. The van der Waals surface area contributed by atoms with Crippen LogP contribution < -0.4 is 14.8 Å². The van der Waals surface area contributed by atoms with E-state index in [2.05, 4.69) is 36.2 Å². The maximum absolute atomic E-state index is 5.94. The van der Waals surface area contributed by atoms with Gasteiger partial charge in [-0.25, -0.2) is 9.50 Å². The van der Waals surface area contributed by atoms with Gasteiger partial charge in [-0.2, -0.15) is 0 Å². The molecule has 2 aromatic heterocycles. The fourth-order valence-corrected chi connectivity index (χ4v) is 3.29. The summed E-state index contributed by atoms with van der Waals surface area (Å²) in [5.74, 6) is 1.59. The fourth-order valence-electron chi connectivity index (χ4n) is 2.50. The van der Waals surface area contributed by atoms with E-state index < -0.39 is 0 Å². The van der Waals surface area contributed by atoms with Gasteiger partial charge in [0.2, 0.25) is 10.1 Å². The van der Waals surface area contributed by atoms with E-state index in [4.69, 9.17) is 9.47 Å². The SMILES string of the molecule is CC(C)(C)c1cn2nc(NC[C@@H]3COc4ccccc4O3)sc2n1. The van der Waals surface area contributed by atoms with Gasteiger partial charge in [0.1, 0.15) is 12.7 Å². The monoisotopic (exact) mass is 344 g/mol. The van der Waals surface area contributed by atoms with Crippen LogP contribution in [0.4, 0.5) is 5.13 Å². The second-order valence-corrected chi connectivity index (χ2v) is 7.84. The molecule has 1 aliphatic rings. The average Bonchev–Trinajstić information content (AvgIpc) is 3.11. The summed E-state index contributed by atoms with van der Waals surface area (Å²) in [6, 6.07) is 7.73. The van der Waals surface area contributed by atoms with Crippen LogP contribution in [-0.2, 0) is 5.41 Å². The lowest BCUT2D eigenvalue weighted by molar-refractivity contribution is 0.0997. The first-order valence-electron chi connectivity index (χ1n) is 7.98. The van der Waals surface area contributed by atoms with E-state index in [1.54, 1.807) is 11.3 Å². The highest BCUT2D eigenvalue weighted by Crippen LogP contribution is 2.31. The number of benzene rings is 1. The van der Waals surface area contributed by atoms with E-state index in [9.17, 15) is 0 Å². The molecule has 0 aliphatic carbocycles. The zero-order valence-electron chi connectivity index (χ0n) is 13.9. The number of rotatable bonds is 3. The Kier molecular flexibility index (Phi) is 3.60. The topological polar surface area (TPSA) is 60.7 Å². The molecule has 1 atom stereocenters. The first-order chi connectivity index (χ1) is 11.5. The van der Waals surface area contributed by atoms with Gasteiger partial charge in [-0.1, -0.05) is 44.2 Å². The number of para-hydroxylation sites is 2. The van der Waals surface area contributed by atoms with Crippen LogP contribution in [0.2, 0.25) is 0 Å². The Morgan fingerprint density at radius 2 is 2.08 bits per heavy atom. The van der Waals surface area contributed by atoms with Gasteiger partial charge in [-0.3, -0.25) is 0 Å². The van der Waals surface area contributed by atoms with Crippen molar-refractivity contribution in [3.63, 3.8) is 0 Å². The number of nitrogens with zero attached hydrogens (tertiary/aromatic N) is 3. The Morgan fingerprint density at radius 1 is 1.29 bits per heavy atom. The molecule has 1 aromatic carbocycles. The van der Waals surface area contributed by atoms with Gasteiger partial charge in [0.15, 0.2) is 11.5 Å². The number of aromatic nitrogens is 3. The van der Waals surface area contributed by atoms with E-state index in [-0.39, 0.29) is 11.5 Å². The molecular formula is C17H20N4O2S. The molecule has 0 saturated heterocycles. The Labute approximate surface area is 144 Å². The largest absolute Gasteiger partial charge is 0.486 e. The molecule has 0 radical (unpaired) electrons. The zero-order valence-corrected chi connectivity index (χ0v) is 14.8. The number of nitrogens with one attached hydrogen (secondary N) is 1. The number of anilines is 1. The molecule has 0 amide bonds. The van der Waals surface area contributed by atoms with Crippen LogP contribution in [0.5, 0.6) is 11.5 Å². The van der Waals surface area contributed by atoms with Crippen molar-refractivity contribution in [2.45, 2.75) is 32.3 Å². The molecule has 126 valence electrons. The lowest BCUT2D eigenvalue weighted by atomic mass is 9.93. The minimum atomic E-state index is -0.0405. The lowest BCUT2D eigenvalue weighted by Crippen LogP contribution is -2.35. The Balaban J connectivity index is 1.41. The van der Waals surface area contributed by atoms with Crippen molar-refractivity contribution >= 4 is 21.4 Å². The van der Waals surface area contributed by atoms with Crippen molar-refractivity contribution in [2.75, 3.05) is 18.5 Å². The third kappa shape index (κ3) is 2.91. The minimum absolute atomic E-state index is 0.0294. The Hall–Kier alpha value is -2.28. The van der Waals surface area contributed by atoms with Crippen LogP contribution in [0.25, 0.3) is 4.96 Å². The average molecular weight is 344 g/mol. The highest BCUT2D eigenvalue weighted by atomic mass is 32.1. The predicted octanol–water partition coefficient (Wildman–Crippen LogP) is 3.34. The quantitative estimate of drug-likeness (QED) is 0.790. The maximum atomic E-state index is 5.94. The fraction of sp³-hybridized carbons (Fsp3) is 0.412. The van der Waals surface area contributed by atoms with Gasteiger partial charge in [-0.15, -0.1) is 5.10 Å². The molecule has 7 heteroatoms. The van der Waals surface area contributed by atoms with Crippen LogP contribution >= 0.6 is 11.3 Å². The summed E-state index contributed by atoms with van der Waals surface area (Å²) < 4.78 is 13.5. The summed E-state index contributed by atoms with van der Waals surface area (Å²) in [5, 5.41) is 8.70. The highest BCUT2D eigenvalue weighted by Gasteiger charge is 2.22. The van der Waals surface area contributed by atoms with Gasteiger partial charge >= 0.3 is 0 Å². The summed E-state index contributed by atoms with van der Waals surface area (Å²) in [6.07, 6.45) is 1.95. The lowest BCUT2D eigenvalue weighted by Gasteiger charge is -2.26. The third-order valence-corrected chi connectivity index (χ3v) is 4.74. The molecule has 0 bridgehead atoms. The first kappa shape index (κ1) is 15.3. The molecule has 0 saturated carbocycles. The second-order valence-electron chi connectivity index (χ2n) is 6.89. The number of imidazole rings is 1. The molecule has 1 N–H and O–H groups in total. The van der Waals surface area contributed by atoms with Crippen LogP contribution in [0.3, 0.4) is 0 Å². The van der Waals surface area contributed by atoms with Crippen molar-refractivity contribution < 1.29 is 9.47 Å². The number of hydrogen-bond acceptors (Lipinski definition) is 6. The highest BCUT2D eigenvalue weighted by molar-refractivity contribution is 7.20. The van der Waals surface area contributed by atoms with Crippen molar-refractivity contribution in [1.82, 2.24) is 14.6 Å². The smallest absolute Gasteiger partial charge is 0.214 e. The number of fused-ring (bicyclic) bond motifs is 2. The summed E-state index contributed by atoms with van der Waals surface area (Å²) in [5.41, 5.74) is 1.08. The Bertz CT molecular complexity index is 833. The van der Waals surface area contributed by atoms with Crippen LogP contribution in [0.1, 0.15) is 26.5 Å². The molecule has 3 aromatic rings. The summed E-state index contributed by atoms with van der Waals surface area (Å²) in [4.78, 5) is 5.55. The Morgan fingerprint density at radius 3 is 2.83 bits per heavy atom. The van der Waals surface area contributed by atoms with E-state index >= 15 is 0 Å². The molecule has 0 unspecified atom stereocenters. The second kappa shape index (κ2) is 5.66. The van der Waals surface area contributed by atoms with Gasteiger partial charge < -0.3 is 14.8 Å². The molecule has 6 nitrogen and oxygen atoms in total. The van der Waals surface area contributed by atoms with Crippen molar-refractivity contribution in [1.29, 1.82) is 0 Å². The number of hydrogen-bond donors (Lipinski definition) is 1. The normalized spacial score (nSPS) is 17.2. The summed E-state index contributed by atoms with van der Waals surface area (Å²) >= 11 is 1.54. The molecule has 1 aliphatic heterocycles. The zero-order chi connectivity index (χ0) is 16.7. The van der Waals surface area contributed by atoms with Crippen molar-refractivity contribution in [2.24, 2.45) is 0 Å². The van der Waals surface area contributed by atoms with Gasteiger partial charge in [-0.05, 0) is 12.1 Å². The molecule has 24 heavy (non-hydrogen) atoms. The van der Waals surface area contributed by atoms with Crippen LogP contribution in [0, 0.1) is 0 Å². The van der Waals surface area contributed by atoms with Gasteiger partial charge in [0.25, 0.3) is 0 Å². The number of ether oxygens (including phenoxy) is 2. The van der Waals surface area contributed by atoms with Gasteiger partial charge in [0, 0.05) is 5.41 Å². The minimum Gasteiger partial charge on any atom is -0.486 e. The summed E-state index contributed by atoms with van der Waals surface area (Å²) in [7, 11) is 0. The maximum Gasteiger partial charge on any atom is 0.214 e. The van der Waals surface area contributed by atoms with E-state index in [1.807, 2.05) is 35.0 Å². The van der Waals surface area contributed by atoms with E-state index in [1.165, 1.54) is 0 Å². The summed E-state index contributed by atoms with van der Waals surface area (Å²) in [6.45, 7) is 7.61.